The number of carbonyl (C=O) groups excluding carboxylic acids is 1. The first-order valence-corrected chi connectivity index (χ1v) is 8.10. The lowest BCUT2D eigenvalue weighted by Gasteiger charge is -2.20. The molecule has 0 fully saturated rings. The van der Waals surface area contributed by atoms with Crippen molar-refractivity contribution in [1.82, 2.24) is 4.90 Å². The van der Waals surface area contributed by atoms with Crippen molar-refractivity contribution in [3.63, 3.8) is 0 Å². The standard InChI is InChI=1S/C19H22ClNO/c1-3-15-5-9-17(10-6-15)13-21(19(20)22)14-18-11-7-16(4-2)8-12-18/h5-12H,3-4,13-14H2,1-2H3. The van der Waals surface area contributed by atoms with E-state index in [2.05, 4.69) is 62.4 Å². The molecule has 0 aromatic heterocycles. The molecule has 2 rings (SSSR count). The van der Waals surface area contributed by atoms with E-state index < -0.39 is 5.37 Å². The van der Waals surface area contributed by atoms with E-state index in [1.54, 1.807) is 4.90 Å². The fraction of sp³-hybridized carbons (Fsp3) is 0.316. The van der Waals surface area contributed by atoms with Crippen LogP contribution in [-0.4, -0.2) is 10.3 Å². The van der Waals surface area contributed by atoms with Crippen molar-refractivity contribution in [2.24, 2.45) is 0 Å². The fourth-order valence-electron chi connectivity index (χ4n) is 2.38. The Morgan fingerprint density at radius 1 is 0.773 bits per heavy atom. The molecular formula is C19H22ClNO. The van der Waals surface area contributed by atoms with Crippen molar-refractivity contribution in [3.8, 4) is 0 Å². The van der Waals surface area contributed by atoms with E-state index >= 15 is 0 Å². The molecule has 0 atom stereocenters. The van der Waals surface area contributed by atoms with Crippen LogP contribution in [0.5, 0.6) is 0 Å². The highest BCUT2D eigenvalue weighted by molar-refractivity contribution is 6.62. The van der Waals surface area contributed by atoms with Gasteiger partial charge in [0.15, 0.2) is 0 Å². The zero-order valence-electron chi connectivity index (χ0n) is 13.2. The van der Waals surface area contributed by atoms with E-state index in [1.165, 1.54) is 11.1 Å². The molecular weight excluding hydrogens is 294 g/mol. The Morgan fingerprint density at radius 2 is 1.09 bits per heavy atom. The molecule has 0 saturated heterocycles. The maximum atomic E-state index is 11.7. The van der Waals surface area contributed by atoms with Gasteiger partial charge >= 0.3 is 5.37 Å². The zero-order valence-corrected chi connectivity index (χ0v) is 13.9. The van der Waals surface area contributed by atoms with Crippen molar-refractivity contribution in [2.45, 2.75) is 39.8 Å². The monoisotopic (exact) mass is 315 g/mol. The van der Waals surface area contributed by atoms with E-state index in [4.69, 9.17) is 11.6 Å². The van der Waals surface area contributed by atoms with Crippen LogP contribution in [0.25, 0.3) is 0 Å². The normalized spacial score (nSPS) is 10.5. The molecule has 3 heteroatoms. The Bertz CT molecular complexity index is 555. The molecule has 0 bridgehead atoms. The molecule has 0 spiro atoms. The van der Waals surface area contributed by atoms with Gasteiger partial charge in [0.05, 0.1) is 0 Å². The van der Waals surface area contributed by atoms with Crippen molar-refractivity contribution in [3.05, 3.63) is 70.8 Å². The average molecular weight is 316 g/mol. The number of benzene rings is 2. The number of nitrogens with zero attached hydrogens (tertiary/aromatic N) is 1. The Balaban J connectivity index is 2.06. The molecule has 0 radical (unpaired) electrons. The molecule has 116 valence electrons. The molecule has 0 saturated carbocycles. The molecule has 0 N–H and O–H groups in total. The molecule has 2 aromatic rings. The summed E-state index contributed by atoms with van der Waals surface area (Å²) in [4.78, 5) is 13.3. The van der Waals surface area contributed by atoms with Crippen LogP contribution >= 0.6 is 11.6 Å². The first-order valence-electron chi connectivity index (χ1n) is 7.72. The van der Waals surface area contributed by atoms with E-state index in [1.807, 2.05) is 0 Å². The van der Waals surface area contributed by atoms with Gasteiger partial charge in [0.25, 0.3) is 0 Å². The second kappa shape index (κ2) is 8.00. The van der Waals surface area contributed by atoms with Crippen LogP contribution in [0.3, 0.4) is 0 Å². The Morgan fingerprint density at radius 3 is 1.36 bits per heavy atom. The zero-order chi connectivity index (χ0) is 15.9. The van der Waals surface area contributed by atoms with Gasteiger partial charge in [0.2, 0.25) is 0 Å². The van der Waals surface area contributed by atoms with E-state index in [-0.39, 0.29) is 0 Å². The number of halogens is 1. The topological polar surface area (TPSA) is 20.3 Å². The van der Waals surface area contributed by atoms with Crippen molar-refractivity contribution >= 4 is 17.0 Å². The quantitative estimate of drug-likeness (QED) is 0.532. The summed E-state index contributed by atoms with van der Waals surface area (Å²) in [6.45, 7) is 5.32. The smallest absolute Gasteiger partial charge is 0.316 e. The summed E-state index contributed by atoms with van der Waals surface area (Å²) >= 11 is 5.75. The highest BCUT2D eigenvalue weighted by atomic mass is 35.5. The summed E-state index contributed by atoms with van der Waals surface area (Å²) in [7, 11) is 0. The number of amides is 1. The van der Waals surface area contributed by atoms with Crippen LogP contribution in [0.2, 0.25) is 0 Å². The third-order valence-electron chi connectivity index (χ3n) is 3.86. The minimum absolute atomic E-state index is 0.417. The van der Waals surface area contributed by atoms with Gasteiger partial charge in [-0.3, -0.25) is 4.79 Å². The lowest BCUT2D eigenvalue weighted by Crippen LogP contribution is -2.25. The Hall–Kier alpha value is -1.80. The van der Waals surface area contributed by atoms with Crippen molar-refractivity contribution in [2.75, 3.05) is 0 Å². The number of rotatable bonds is 6. The maximum absolute atomic E-state index is 11.7. The van der Waals surface area contributed by atoms with E-state index in [0.29, 0.717) is 13.1 Å². The predicted octanol–water partition coefficient (Wildman–Crippen LogP) is 5.17. The van der Waals surface area contributed by atoms with Crippen LogP contribution in [0, 0.1) is 0 Å². The SMILES string of the molecule is CCc1ccc(CN(Cc2ccc(CC)cc2)C(=O)Cl)cc1. The molecule has 0 aliphatic rings. The third kappa shape index (κ3) is 4.60. The van der Waals surface area contributed by atoms with Crippen LogP contribution in [0.4, 0.5) is 4.79 Å². The first kappa shape index (κ1) is 16.6. The molecule has 0 aliphatic heterocycles. The summed E-state index contributed by atoms with van der Waals surface area (Å²) < 4.78 is 0. The lowest BCUT2D eigenvalue weighted by molar-refractivity contribution is 0.216. The number of hydrogen-bond acceptors (Lipinski definition) is 1. The van der Waals surface area contributed by atoms with Gasteiger partial charge in [0.1, 0.15) is 0 Å². The molecule has 22 heavy (non-hydrogen) atoms. The van der Waals surface area contributed by atoms with Crippen molar-refractivity contribution < 1.29 is 4.79 Å². The van der Waals surface area contributed by atoms with Crippen LogP contribution in [0.15, 0.2) is 48.5 Å². The molecule has 1 amide bonds. The minimum atomic E-state index is -0.417. The van der Waals surface area contributed by atoms with E-state index in [0.717, 1.165) is 24.0 Å². The van der Waals surface area contributed by atoms with Crippen LogP contribution in [-0.2, 0) is 25.9 Å². The largest absolute Gasteiger partial charge is 0.321 e. The Kier molecular flexibility index (Phi) is 6.02. The highest BCUT2D eigenvalue weighted by Gasteiger charge is 2.12. The molecule has 2 aromatic carbocycles. The molecule has 2 nitrogen and oxygen atoms in total. The summed E-state index contributed by atoms with van der Waals surface area (Å²) in [6.07, 6.45) is 2.03. The molecule has 0 aliphatic carbocycles. The third-order valence-corrected chi connectivity index (χ3v) is 4.10. The van der Waals surface area contributed by atoms with Gasteiger partial charge in [-0.25, -0.2) is 0 Å². The van der Waals surface area contributed by atoms with Crippen molar-refractivity contribution in [1.29, 1.82) is 0 Å². The summed E-state index contributed by atoms with van der Waals surface area (Å²) in [5.74, 6) is 0. The predicted molar refractivity (Wildman–Crippen MR) is 92.1 cm³/mol. The number of hydrogen-bond donors (Lipinski definition) is 0. The van der Waals surface area contributed by atoms with Gasteiger partial charge < -0.3 is 4.90 Å². The van der Waals surface area contributed by atoms with Gasteiger partial charge in [-0.15, -0.1) is 0 Å². The maximum Gasteiger partial charge on any atom is 0.316 e. The minimum Gasteiger partial charge on any atom is -0.321 e. The van der Waals surface area contributed by atoms with Crippen LogP contribution < -0.4 is 0 Å². The number of carbonyl (C=O) groups is 1. The highest BCUT2D eigenvalue weighted by Crippen LogP contribution is 2.14. The number of aryl methyl sites for hydroxylation is 2. The molecule has 0 unspecified atom stereocenters. The summed E-state index contributed by atoms with van der Waals surface area (Å²) in [5, 5.41) is -0.417. The molecule has 0 heterocycles. The van der Waals surface area contributed by atoms with Gasteiger partial charge in [-0.05, 0) is 46.7 Å². The van der Waals surface area contributed by atoms with Gasteiger partial charge in [0, 0.05) is 13.1 Å². The first-order chi connectivity index (χ1) is 10.6. The van der Waals surface area contributed by atoms with Crippen LogP contribution in [0.1, 0.15) is 36.1 Å². The summed E-state index contributed by atoms with van der Waals surface area (Å²) in [5.41, 5.74) is 4.78. The van der Waals surface area contributed by atoms with Gasteiger partial charge in [-0.2, -0.15) is 0 Å². The Labute approximate surface area is 137 Å². The summed E-state index contributed by atoms with van der Waals surface area (Å²) in [6, 6.07) is 16.6. The fourth-order valence-corrected chi connectivity index (χ4v) is 2.50. The second-order valence-corrected chi connectivity index (χ2v) is 5.77. The lowest BCUT2D eigenvalue weighted by atomic mass is 10.1. The van der Waals surface area contributed by atoms with Gasteiger partial charge in [-0.1, -0.05) is 62.4 Å². The van der Waals surface area contributed by atoms with E-state index in [9.17, 15) is 4.79 Å². The average Bonchev–Trinajstić information content (AvgIpc) is 2.55. The second-order valence-electron chi connectivity index (χ2n) is 5.45.